The summed E-state index contributed by atoms with van der Waals surface area (Å²) in [7, 11) is -0.247. The third-order valence-electron chi connectivity index (χ3n) is 6.43. The first-order chi connectivity index (χ1) is 11.4. The monoisotopic (exact) mass is 327 g/mol. The molecule has 1 N–H and O–H groups in total. The first-order valence-corrected chi connectivity index (χ1v) is 9.57. The highest BCUT2D eigenvalue weighted by Gasteiger charge is 2.51. The maximum absolute atomic E-state index is 6.27. The van der Waals surface area contributed by atoms with Gasteiger partial charge in [-0.2, -0.15) is 0 Å². The van der Waals surface area contributed by atoms with Crippen molar-refractivity contribution >= 4 is 12.6 Å². The molecule has 3 aliphatic rings. The van der Waals surface area contributed by atoms with Crippen LogP contribution in [0.15, 0.2) is 18.2 Å². The maximum Gasteiger partial charge on any atom is 0.494 e. The molecule has 2 heterocycles. The van der Waals surface area contributed by atoms with Crippen LogP contribution in [0.4, 0.5) is 0 Å². The zero-order chi connectivity index (χ0) is 16.9. The van der Waals surface area contributed by atoms with E-state index in [4.69, 9.17) is 9.31 Å². The normalized spacial score (nSPS) is 26.8. The van der Waals surface area contributed by atoms with E-state index in [1.54, 1.807) is 11.1 Å². The molecule has 0 bridgehead atoms. The van der Waals surface area contributed by atoms with Gasteiger partial charge in [0, 0.05) is 0 Å². The molecule has 0 atom stereocenters. The minimum Gasteiger partial charge on any atom is -0.399 e. The third kappa shape index (κ3) is 2.93. The fraction of sp³-hybridized carbons (Fsp3) is 0.700. The molecular formula is C20H30BNO2. The minimum absolute atomic E-state index is 0.247. The summed E-state index contributed by atoms with van der Waals surface area (Å²) in [6.07, 6.45) is 5.20. The fourth-order valence-corrected chi connectivity index (χ4v) is 3.97. The molecule has 0 aromatic heterocycles. The Morgan fingerprint density at radius 1 is 0.875 bits per heavy atom. The Kier molecular flexibility index (Phi) is 4.06. The van der Waals surface area contributed by atoms with Crippen LogP contribution in [-0.2, 0) is 9.31 Å². The van der Waals surface area contributed by atoms with E-state index in [9.17, 15) is 0 Å². The van der Waals surface area contributed by atoms with Crippen molar-refractivity contribution in [1.29, 1.82) is 0 Å². The highest BCUT2D eigenvalue weighted by Crippen LogP contribution is 2.44. The first kappa shape index (κ1) is 16.6. The summed E-state index contributed by atoms with van der Waals surface area (Å²) in [4.78, 5) is 0. The molecule has 3 nitrogen and oxygen atoms in total. The molecule has 130 valence electrons. The minimum atomic E-state index is -0.276. The Bertz CT molecular complexity index is 602. The summed E-state index contributed by atoms with van der Waals surface area (Å²) < 4.78 is 12.5. The lowest BCUT2D eigenvalue weighted by molar-refractivity contribution is 0.00578. The second kappa shape index (κ2) is 5.86. The van der Waals surface area contributed by atoms with E-state index >= 15 is 0 Å². The second-order valence-corrected chi connectivity index (χ2v) is 8.78. The van der Waals surface area contributed by atoms with Crippen LogP contribution in [0.2, 0.25) is 0 Å². The van der Waals surface area contributed by atoms with Gasteiger partial charge in [-0.1, -0.05) is 18.2 Å². The predicted octanol–water partition coefficient (Wildman–Crippen LogP) is 3.33. The van der Waals surface area contributed by atoms with Gasteiger partial charge in [-0.3, -0.25) is 0 Å². The second-order valence-electron chi connectivity index (χ2n) is 8.78. The third-order valence-corrected chi connectivity index (χ3v) is 6.43. The number of piperidine rings is 1. The van der Waals surface area contributed by atoms with Crippen LogP contribution in [0.1, 0.15) is 76.3 Å². The molecule has 0 spiro atoms. The zero-order valence-electron chi connectivity index (χ0n) is 15.5. The number of nitrogens with one attached hydrogen (secondary N) is 1. The zero-order valence-corrected chi connectivity index (χ0v) is 15.5. The number of rotatable bonds is 3. The highest BCUT2D eigenvalue weighted by atomic mass is 16.7. The van der Waals surface area contributed by atoms with E-state index < -0.39 is 0 Å². The van der Waals surface area contributed by atoms with Crippen molar-refractivity contribution in [3.05, 3.63) is 29.3 Å². The van der Waals surface area contributed by atoms with Gasteiger partial charge in [0.15, 0.2) is 0 Å². The highest BCUT2D eigenvalue weighted by molar-refractivity contribution is 6.62. The van der Waals surface area contributed by atoms with E-state index in [-0.39, 0.29) is 18.3 Å². The quantitative estimate of drug-likeness (QED) is 0.864. The van der Waals surface area contributed by atoms with Gasteiger partial charge in [0.25, 0.3) is 0 Å². The van der Waals surface area contributed by atoms with Gasteiger partial charge in [-0.15, -0.1) is 0 Å². The van der Waals surface area contributed by atoms with E-state index in [1.807, 2.05) is 0 Å². The molecule has 4 rings (SSSR count). The van der Waals surface area contributed by atoms with Gasteiger partial charge in [0.2, 0.25) is 0 Å². The van der Waals surface area contributed by atoms with Gasteiger partial charge in [0.1, 0.15) is 0 Å². The fourth-order valence-electron chi connectivity index (χ4n) is 3.97. The molecule has 1 aliphatic carbocycles. The SMILES string of the molecule is CC1(C)OB(c2ccc(C3CC3)c(C3CCNCC3)c2)OC1(C)C. The molecule has 0 unspecified atom stereocenters. The largest absolute Gasteiger partial charge is 0.494 e. The lowest BCUT2D eigenvalue weighted by atomic mass is 9.75. The predicted molar refractivity (Wildman–Crippen MR) is 99.0 cm³/mol. The van der Waals surface area contributed by atoms with Crippen LogP contribution in [0.25, 0.3) is 0 Å². The Labute approximate surface area is 146 Å². The van der Waals surface area contributed by atoms with Gasteiger partial charge >= 0.3 is 7.12 Å². The Hall–Kier alpha value is -0.835. The maximum atomic E-state index is 6.27. The molecule has 3 fully saturated rings. The molecule has 2 aliphatic heterocycles. The molecular weight excluding hydrogens is 297 g/mol. The summed E-state index contributed by atoms with van der Waals surface area (Å²) in [6.45, 7) is 10.8. The van der Waals surface area contributed by atoms with Crippen LogP contribution < -0.4 is 10.8 Å². The molecule has 1 aromatic rings. The molecule has 0 amide bonds. The summed E-state index contributed by atoms with van der Waals surface area (Å²) in [5.41, 5.74) is 3.78. The summed E-state index contributed by atoms with van der Waals surface area (Å²) >= 11 is 0. The molecule has 0 radical (unpaired) electrons. The Morgan fingerprint density at radius 3 is 2.04 bits per heavy atom. The molecule has 1 aromatic carbocycles. The van der Waals surface area contributed by atoms with E-state index in [0.717, 1.165) is 19.0 Å². The Balaban J connectivity index is 1.65. The molecule has 2 saturated heterocycles. The number of benzene rings is 1. The van der Waals surface area contributed by atoms with Crippen LogP contribution in [-0.4, -0.2) is 31.4 Å². The van der Waals surface area contributed by atoms with Crippen LogP contribution in [0, 0.1) is 0 Å². The van der Waals surface area contributed by atoms with Gasteiger partial charge in [0.05, 0.1) is 11.2 Å². The van der Waals surface area contributed by atoms with Crippen molar-refractivity contribution in [1.82, 2.24) is 5.32 Å². The van der Waals surface area contributed by atoms with Crippen LogP contribution >= 0.6 is 0 Å². The topological polar surface area (TPSA) is 30.5 Å². The van der Waals surface area contributed by atoms with Crippen molar-refractivity contribution in [3.63, 3.8) is 0 Å². The lowest BCUT2D eigenvalue weighted by Gasteiger charge is -2.32. The van der Waals surface area contributed by atoms with Gasteiger partial charge in [-0.05, 0) is 94.9 Å². The van der Waals surface area contributed by atoms with Crippen molar-refractivity contribution in [2.45, 2.75) is 76.4 Å². The number of hydrogen-bond donors (Lipinski definition) is 1. The molecule has 24 heavy (non-hydrogen) atoms. The van der Waals surface area contributed by atoms with Crippen LogP contribution in [0.3, 0.4) is 0 Å². The lowest BCUT2D eigenvalue weighted by Crippen LogP contribution is -2.41. The van der Waals surface area contributed by atoms with Crippen molar-refractivity contribution in [3.8, 4) is 0 Å². The number of hydrogen-bond acceptors (Lipinski definition) is 3. The first-order valence-electron chi connectivity index (χ1n) is 9.57. The molecule has 1 saturated carbocycles. The standard InChI is InChI=1S/C20H30BNO2/c1-19(2)20(3,4)24-21(23-19)16-7-8-17(14-5-6-14)18(13-16)15-9-11-22-12-10-15/h7-8,13-15,22H,5-6,9-12H2,1-4H3. The Morgan fingerprint density at radius 2 is 1.46 bits per heavy atom. The van der Waals surface area contributed by atoms with E-state index in [1.165, 1.54) is 31.1 Å². The van der Waals surface area contributed by atoms with Crippen LogP contribution in [0.5, 0.6) is 0 Å². The summed E-state index contributed by atoms with van der Waals surface area (Å²) in [6, 6.07) is 6.99. The molecule has 4 heteroatoms. The van der Waals surface area contributed by atoms with Gasteiger partial charge in [-0.25, -0.2) is 0 Å². The summed E-state index contributed by atoms with van der Waals surface area (Å²) in [5, 5.41) is 3.49. The summed E-state index contributed by atoms with van der Waals surface area (Å²) in [5.74, 6) is 1.48. The van der Waals surface area contributed by atoms with E-state index in [0.29, 0.717) is 5.92 Å². The van der Waals surface area contributed by atoms with Gasteiger partial charge < -0.3 is 14.6 Å². The van der Waals surface area contributed by atoms with Crippen molar-refractivity contribution < 1.29 is 9.31 Å². The van der Waals surface area contributed by atoms with Crippen molar-refractivity contribution in [2.24, 2.45) is 0 Å². The van der Waals surface area contributed by atoms with E-state index in [2.05, 4.69) is 51.2 Å². The van der Waals surface area contributed by atoms with Crippen molar-refractivity contribution in [2.75, 3.05) is 13.1 Å². The average Bonchev–Trinajstić information content (AvgIpc) is 3.35. The smallest absolute Gasteiger partial charge is 0.399 e. The average molecular weight is 327 g/mol.